The second-order valence-electron chi connectivity index (χ2n) is 8.27. The van der Waals surface area contributed by atoms with Crippen LogP contribution in [-0.4, -0.2) is 22.7 Å². The Hall–Kier alpha value is -4.43. The van der Waals surface area contributed by atoms with Crippen molar-refractivity contribution in [3.63, 3.8) is 0 Å². The lowest BCUT2D eigenvalue weighted by Crippen LogP contribution is -2.40. The van der Waals surface area contributed by atoms with Gasteiger partial charge in [-0.05, 0) is 60.5 Å². The van der Waals surface area contributed by atoms with Gasteiger partial charge in [-0.3, -0.25) is 14.2 Å². The number of thiazole rings is 1. The van der Waals surface area contributed by atoms with Crippen LogP contribution in [0.1, 0.15) is 24.1 Å². The van der Waals surface area contributed by atoms with Crippen molar-refractivity contribution in [2.24, 2.45) is 4.99 Å². The monoisotopic (exact) mass is 497 g/mol. The number of para-hydroxylation sites is 1. The van der Waals surface area contributed by atoms with Gasteiger partial charge in [0.1, 0.15) is 11.5 Å². The molecule has 7 nitrogen and oxygen atoms in total. The molecular formula is C28H23N3O4S. The van der Waals surface area contributed by atoms with Gasteiger partial charge in [0.05, 0.1) is 29.0 Å². The molecule has 5 rings (SSSR count). The summed E-state index contributed by atoms with van der Waals surface area (Å²) in [5.74, 6) is 0.440. The molecule has 1 aliphatic rings. The first kappa shape index (κ1) is 23.3. The van der Waals surface area contributed by atoms with E-state index in [9.17, 15) is 14.7 Å². The highest BCUT2D eigenvalue weighted by Crippen LogP contribution is 2.32. The fraction of sp³-hybridized carbons (Fsp3) is 0.107. The SMILES string of the molecule is COc1cccc(C2C(C(=O)Nc3ccccc3)=C(C)N=c3s/c(=C\c4ccc(O)cc4)c(=O)n32)c1. The maximum absolute atomic E-state index is 13.7. The number of nitrogens with zero attached hydrogens (tertiary/aromatic N) is 2. The fourth-order valence-electron chi connectivity index (χ4n) is 4.18. The largest absolute Gasteiger partial charge is 0.508 e. The van der Waals surface area contributed by atoms with Crippen molar-refractivity contribution in [1.29, 1.82) is 0 Å². The second kappa shape index (κ2) is 9.67. The molecular weight excluding hydrogens is 474 g/mol. The molecule has 1 aliphatic heterocycles. The predicted molar refractivity (Wildman–Crippen MR) is 140 cm³/mol. The quantitative estimate of drug-likeness (QED) is 0.441. The first-order valence-corrected chi connectivity index (χ1v) is 12.1. The molecule has 0 fully saturated rings. The Morgan fingerprint density at radius 3 is 2.56 bits per heavy atom. The molecule has 8 heteroatoms. The number of carbonyl (C=O) groups excluding carboxylic acids is 1. The number of rotatable bonds is 5. The lowest BCUT2D eigenvalue weighted by molar-refractivity contribution is -0.113. The number of allylic oxidation sites excluding steroid dienone is 1. The zero-order valence-electron chi connectivity index (χ0n) is 19.6. The highest BCUT2D eigenvalue weighted by atomic mass is 32.1. The number of benzene rings is 3. The molecule has 2 N–H and O–H groups in total. The molecule has 1 unspecified atom stereocenters. The average molecular weight is 498 g/mol. The van der Waals surface area contributed by atoms with E-state index in [1.165, 1.54) is 11.3 Å². The second-order valence-corrected chi connectivity index (χ2v) is 9.28. The number of anilines is 1. The van der Waals surface area contributed by atoms with Crippen LogP contribution < -0.4 is 24.9 Å². The molecule has 0 radical (unpaired) electrons. The molecule has 2 heterocycles. The van der Waals surface area contributed by atoms with E-state index in [1.54, 1.807) is 61.1 Å². The van der Waals surface area contributed by atoms with Crippen LogP contribution in [0.2, 0.25) is 0 Å². The summed E-state index contributed by atoms with van der Waals surface area (Å²) in [4.78, 5) is 32.4. The lowest BCUT2D eigenvalue weighted by Gasteiger charge is -2.25. The number of amides is 1. The molecule has 0 spiro atoms. The van der Waals surface area contributed by atoms with Crippen molar-refractivity contribution < 1.29 is 14.6 Å². The van der Waals surface area contributed by atoms with Crippen LogP contribution in [0, 0.1) is 0 Å². The summed E-state index contributed by atoms with van der Waals surface area (Å²) >= 11 is 1.26. The van der Waals surface area contributed by atoms with Crippen molar-refractivity contribution in [2.75, 3.05) is 12.4 Å². The minimum Gasteiger partial charge on any atom is -0.508 e. The van der Waals surface area contributed by atoms with E-state index in [-0.39, 0.29) is 17.2 Å². The van der Waals surface area contributed by atoms with Crippen LogP contribution in [0.4, 0.5) is 5.69 Å². The number of aromatic nitrogens is 1. The maximum Gasteiger partial charge on any atom is 0.271 e. The maximum atomic E-state index is 13.7. The van der Waals surface area contributed by atoms with Gasteiger partial charge in [0.15, 0.2) is 4.80 Å². The van der Waals surface area contributed by atoms with E-state index in [0.29, 0.717) is 32.0 Å². The van der Waals surface area contributed by atoms with Crippen LogP contribution in [0.3, 0.4) is 0 Å². The summed E-state index contributed by atoms with van der Waals surface area (Å²) in [6, 6.07) is 22.4. The molecule has 1 aromatic heterocycles. The number of carbonyl (C=O) groups is 1. The number of fused-ring (bicyclic) bond motifs is 1. The molecule has 1 atom stereocenters. The minimum absolute atomic E-state index is 0.149. The van der Waals surface area contributed by atoms with E-state index >= 15 is 0 Å². The van der Waals surface area contributed by atoms with Crippen LogP contribution in [0.5, 0.6) is 11.5 Å². The first-order chi connectivity index (χ1) is 17.4. The fourth-order valence-corrected chi connectivity index (χ4v) is 5.23. The Kier molecular flexibility index (Phi) is 6.26. The van der Waals surface area contributed by atoms with Gasteiger partial charge < -0.3 is 15.2 Å². The Morgan fingerprint density at radius 1 is 1.08 bits per heavy atom. The number of aromatic hydroxyl groups is 1. The molecule has 0 saturated carbocycles. The topological polar surface area (TPSA) is 92.9 Å². The highest BCUT2D eigenvalue weighted by molar-refractivity contribution is 7.07. The van der Waals surface area contributed by atoms with Gasteiger partial charge in [-0.25, -0.2) is 4.99 Å². The summed E-state index contributed by atoms with van der Waals surface area (Å²) in [6.07, 6.45) is 1.76. The molecule has 0 aliphatic carbocycles. The summed E-state index contributed by atoms with van der Waals surface area (Å²) in [5, 5.41) is 12.5. The lowest BCUT2D eigenvalue weighted by atomic mass is 9.95. The number of hydrogen-bond acceptors (Lipinski definition) is 6. The van der Waals surface area contributed by atoms with Crippen LogP contribution >= 0.6 is 11.3 Å². The summed E-state index contributed by atoms with van der Waals surface area (Å²) < 4.78 is 7.47. The van der Waals surface area contributed by atoms with Crippen LogP contribution in [-0.2, 0) is 4.79 Å². The van der Waals surface area contributed by atoms with Gasteiger partial charge in [-0.2, -0.15) is 0 Å². The number of phenolic OH excluding ortho intramolecular Hbond substituents is 1. The van der Waals surface area contributed by atoms with E-state index in [4.69, 9.17) is 4.74 Å². The average Bonchev–Trinajstić information content (AvgIpc) is 3.19. The number of phenols is 1. The first-order valence-electron chi connectivity index (χ1n) is 11.3. The Balaban J connectivity index is 1.68. The standard InChI is InChI=1S/C28H23N3O4S/c1-17-24(26(33)30-20-8-4-3-5-9-20)25(19-7-6-10-22(16-19)35-2)31-27(34)23(36-28(31)29-17)15-18-11-13-21(32)14-12-18/h3-16,25,32H,1-2H3,(H,30,33)/b23-15-. The summed E-state index contributed by atoms with van der Waals surface area (Å²) in [7, 11) is 1.58. The van der Waals surface area contributed by atoms with Crippen molar-refractivity contribution >= 4 is 29.0 Å². The number of ether oxygens (including phenoxy) is 1. The highest BCUT2D eigenvalue weighted by Gasteiger charge is 2.32. The van der Waals surface area contributed by atoms with Gasteiger partial charge in [-0.15, -0.1) is 0 Å². The van der Waals surface area contributed by atoms with Gasteiger partial charge >= 0.3 is 0 Å². The summed E-state index contributed by atoms with van der Waals surface area (Å²) in [5.41, 5.74) is 2.83. The predicted octanol–water partition coefficient (Wildman–Crippen LogP) is 3.59. The Labute approximate surface area is 211 Å². The van der Waals surface area contributed by atoms with E-state index in [1.807, 2.05) is 42.5 Å². The smallest absolute Gasteiger partial charge is 0.271 e. The molecule has 3 aromatic carbocycles. The van der Waals surface area contributed by atoms with Gasteiger partial charge in [0.2, 0.25) is 0 Å². The number of nitrogens with one attached hydrogen (secondary N) is 1. The molecule has 4 aromatic rings. The van der Waals surface area contributed by atoms with Crippen LogP contribution in [0.25, 0.3) is 6.08 Å². The Bertz CT molecular complexity index is 1650. The zero-order chi connectivity index (χ0) is 25.2. The van der Waals surface area contributed by atoms with Crippen LogP contribution in [0.15, 0.2) is 99.9 Å². The molecule has 0 saturated heterocycles. The summed E-state index contributed by atoms with van der Waals surface area (Å²) in [6.45, 7) is 1.78. The minimum atomic E-state index is -0.693. The number of methoxy groups -OCH3 is 1. The normalized spacial score (nSPS) is 15.3. The van der Waals surface area contributed by atoms with E-state index in [2.05, 4.69) is 10.3 Å². The van der Waals surface area contributed by atoms with Crippen molar-refractivity contribution in [3.8, 4) is 11.5 Å². The van der Waals surface area contributed by atoms with Gasteiger partial charge in [0, 0.05) is 5.69 Å². The Morgan fingerprint density at radius 2 is 1.83 bits per heavy atom. The van der Waals surface area contributed by atoms with Crippen molar-refractivity contribution in [1.82, 2.24) is 4.57 Å². The third-order valence-electron chi connectivity index (χ3n) is 5.90. The van der Waals surface area contributed by atoms with E-state index in [0.717, 1.165) is 11.1 Å². The zero-order valence-corrected chi connectivity index (χ0v) is 20.5. The van der Waals surface area contributed by atoms with Crippen molar-refractivity contribution in [2.45, 2.75) is 13.0 Å². The number of hydrogen-bond donors (Lipinski definition) is 2. The third-order valence-corrected chi connectivity index (χ3v) is 6.88. The molecule has 0 bridgehead atoms. The molecule has 1 amide bonds. The molecule has 180 valence electrons. The van der Waals surface area contributed by atoms with Gasteiger partial charge in [0.25, 0.3) is 11.5 Å². The van der Waals surface area contributed by atoms with Gasteiger partial charge in [-0.1, -0.05) is 53.8 Å². The molecule has 36 heavy (non-hydrogen) atoms. The van der Waals surface area contributed by atoms with Crippen molar-refractivity contribution in [3.05, 3.63) is 121 Å². The third kappa shape index (κ3) is 4.46. The van der Waals surface area contributed by atoms with E-state index < -0.39 is 6.04 Å².